The van der Waals surface area contributed by atoms with Gasteiger partial charge in [0.2, 0.25) is 0 Å². The van der Waals surface area contributed by atoms with Gasteiger partial charge >= 0.3 is 0 Å². The Morgan fingerprint density at radius 3 is 3.06 bits per heavy atom. The van der Waals surface area contributed by atoms with Gasteiger partial charge in [0.05, 0.1) is 5.54 Å². The Balaban J connectivity index is 1.97. The van der Waals surface area contributed by atoms with Gasteiger partial charge in [-0.05, 0) is 18.6 Å². The predicted molar refractivity (Wildman–Crippen MR) is 71.2 cm³/mol. The number of nitrogens with one attached hydrogen (secondary N) is 2. The molecule has 2 heterocycles. The normalized spacial score (nSPS) is 27.2. The molecule has 0 radical (unpaired) electrons. The average Bonchev–Trinajstić information content (AvgIpc) is 2.95. The molecule has 0 aromatic heterocycles. The second-order valence-corrected chi connectivity index (χ2v) is 4.83. The van der Waals surface area contributed by atoms with E-state index in [9.17, 15) is 0 Å². The molecule has 1 atom stereocenters. The zero-order valence-electron chi connectivity index (χ0n) is 10.2. The van der Waals surface area contributed by atoms with Crippen molar-refractivity contribution in [3.05, 3.63) is 42.0 Å². The highest BCUT2D eigenvalue weighted by Gasteiger charge is 2.43. The third-order valence-corrected chi connectivity index (χ3v) is 3.76. The van der Waals surface area contributed by atoms with Crippen molar-refractivity contribution in [1.29, 1.82) is 0 Å². The maximum atomic E-state index is 3.62. The van der Waals surface area contributed by atoms with E-state index in [0.717, 1.165) is 26.3 Å². The van der Waals surface area contributed by atoms with E-state index in [0.29, 0.717) is 0 Å². The summed E-state index contributed by atoms with van der Waals surface area (Å²) < 4.78 is 0. The molecule has 90 valence electrons. The molecule has 0 aliphatic carbocycles. The van der Waals surface area contributed by atoms with Crippen LogP contribution in [0.3, 0.4) is 0 Å². The second kappa shape index (κ2) is 4.17. The molecule has 1 fully saturated rings. The van der Waals surface area contributed by atoms with Crippen molar-refractivity contribution in [2.45, 2.75) is 12.5 Å². The molecule has 2 N–H and O–H groups in total. The van der Waals surface area contributed by atoms with E-state index < -0.39 is 0 Å². The Labute approximate surface area is 103 Å². The monoisotopic (exact) mass is 229 g/mol. The van der Waals surface area contributed by atoms with E-state index in [1.54, 1.807) is 0 Å². The number of fused-ring (bicyclic) bond motifs is 2. The van der Waals surface area contributed by atoms with Crippen LogP contribution in [0, 0.1) is 0 Å². The van der Waals surface area contributed by atoms with Gasteiger partial charge in [-0.1, -0.05) is 30.4 Å². The Kier molecular flexibility index (Phi) is 2.65. The minimum atomic E-state index is 0.123. The Morgan fingerprint density at radius 1 is 1.41 bits per heavy atom. The number of nitrogens with zero attached hydrogens (tertiary/aromatic N) is 1. The fourth-order valence-corrected chi connectivity index (χ4v) is 2.92. The summed E-state index contributed by atoms with van der Waals surface area (Å²) in [6.07, 6.45) is 4.34. The quantitative estimate of drug-likeness (QED) is 0.751. The molecule has 1 spiro atoms. The fourth-order valence-electron chi connectivity index (χ4n) is 2.92. The van der Waals surface area contributed by atoms with E-state index in [-0.39, 0.29) is 5.54 Å². The van der Waals surface area contributed by atoms with Gasteiger partial charge in [-0.3, -0.25) is 5.32 Å². The van der Waals surface area contributed by atoms with Gasteiger partial charge in [0.25, 0.3) is 0 Å². The third-order valence-electron chi connectivity index (χ3n) is 3.76. The van der Waals surface area contributed by atoms with Gasteiger partial charge in [-0.2, -0.15) is 0 Å². The largest absolute Gasteiger partial charge is 0.365 e. The maximum Gasteiger partial charge on any atom is 0.0769 e. The van der Waals surface area contributed by atoms with Crippen molar-refractivity contribution in [1.82, 2.24) is 10.6 Å². The summed E-state index contributed by atoms with van der Waals surface area (Å²) in [4.78, 5) is 2.45. The number of benzene rings is 1. The van der Waals surface area contributed by atoms with Gasteiger partial charge in [-0.25, -0.2) is 0 Å². The fraction of sp³-hybridized carbons (Fsp3) is 0.429. The van der Waals surface area contributed by atoms with E-state index in [2.05, 4.69) is 58.9 Å². The number of para-hydroxylation sites is 1. The van der Waals surface area contributed by atoms with Crippen LogP contribution >= 0.6 is 0 Å². The average molecular weight is 229 g/mol. The summed E-state index contributed by atoms with van der Waals surface area (Å²) in [7, 11) is 0. The lowest BCUT2D eigenvalue weighted by Crippen LogP contribution is -2.43. The van der Waals surface area contributed by atoms with Crippen molar-refractivity contribution in [2.75, 3.05) is 31.2 Å². The molecular weight excluding hydrogens is 210 g/mol. The summed E-state index contributed by atoms with van der Waals surface area (Å²) in [5.41, 5.74) is 2.94. The highest BCUT2D eigenvalue weighted by atomic mass is 15.3. The Hall–Kier alpha value is -1.32. The van der Waals surface area contributed by atoms with Crippen molar-refractivity contribution in [3.63, 3.8) is 0 Å². The lowest BCUT2D eigenvalue weighted by atomic mass is 9.93. The molecule has 1 unspecified atom stereocenters. The zero-order chi connectivity index (χ0) is 11.7. The van der Waals surface area contributed by atoms with Gasteiger partial charge in [0.1, 0.15) is 0 Å². The molecule has 0 bridgehead atoms. The first kappa shape index (κ1) is 10.8. The first-order valence-electron chi connectivity index (χ1n) is 6.27. The molecule has 0 amide bonds. The summed E-state index contributed by atoms with van der Waals surface area (Å²) in [6, 6.07) is 8.75. The van der Waals surface area contributed by atoms with Crippen LogP contribution in [0.2, 0.25) is 0 Å². The second-order valence-electron chi connectivity index (χ2n) is 4.83. The number of hydrogen-bond donors (Lipinski definition) is 2. The summed E-state index contributed by atoms with van der Waals surface area (Å²) in [6.45, 7) is 6.07. The van der Waals surface area contributed by atoms with Crippen LogP contribution in [0.5, 0.6) is 0 Å². The zero-order valence-corrected chi connectivity index (χ0v) is 10.2. The lowest BCUT2D eigenvalue weighted by molar-refractivity contribution is 0.443. The van der Waals surface area contributed by atoms with Crippen LogP contribution in [0.25, 0.3) is 0 Å². The molecule has 0 saturated carbocycles. The molecule has 1 aromatic rings. The number of anilines is 1. The maximum absolute atomic E-state index is 3.62. The molecule has 2 aliphatic rings. The predicted octanol–water partition coefficient (Wildman–Crippen LogP) is 1.43. The van der Waals surface area contributed by atoms with Gasteiger partial charge in [0, 0.05) is 32.0 Å². The first-order valence-corrected chi connectivity index (χ1v) is 6.27. The Morgan fingerprint density at radius 2 is 2.29 bits per heavy atom. The Bertz CT molecular complexity index is 433. The SMILES string of the molecule is C/C=C/CN1CC2(CNCN2)c2ccccc21. The van der Waals surface area contributed by atoms with Crippen molar-refractivity contribution < 1.29 is 0 Å². The molecule has 1 aromatic carbocycles. The van der Waals surface area contributed by atoms with E-state index in [1.807, 2.05) is 0 Å². The van der Waals surface area contributed by atoms with Crippen molar-refractivity contribution >= 4 is 5.69 Å². The smallest absolute Gasteiger partial charge is 0.0769 e. The molecule has 17 heavy (non-hydrogen) atoms. The number of hydrogen-bond acceptors (Lipinski definition) is 3. The molecule has 3 heteroatoms. The minimum absolute atomic E-state index is 0.123. The van der Waals surface area contributed by atoms with E-state index >= 15 is 0 Å². The van der Waals surface area contributed by atoms with Crippen LogP contribution in [-0.2, 0) is 5.54 Å². The summed E-state index contributed by atoms with van der Waals surface area (Å²) >= 11 is 0. The number of rotatable bonds is 2. The van der Waals surface area contributed by atoms with Crippen molar-refractivity contribution in [3.8, 4) is 0 Å². The van der Waals surface area contributed by atoms with Crippen LogP contribution in [0.1, 0.15) is 12.5 Å². The van der Waals surface area contributed by atoms with Gasteiger partial charge < -0.3 is 10.2 Å². The van der Waals surface area contributed by atoms with Crippen LogP contribution in [0.4, 0.5) is 5.69 Å². The van der Waals surface area contributed by atoms with E-state index in [1.165, 1.54) is 11.3 Å². The summed E-state index contributed by atoms with van der Waals surface area (Å²) in [5.74, 6) is 0. The standard InChI is InChI=1S/C14H19N3/c1-2-3-8-17-10-14(9-15-11-16-14)12-6-4-5-7-13(12)17/h2-7,15-16H,8-11H2,1H3/b3-2+. The van der Waals surface area contributed by atoms with Gasteiger partial charge in [0.15, 0.2) is 0 Å². The highest BCUT2D eigenvalue weighted by molar-refractivity contribution is 5.63. The molecule has 3 nitrogen and oxygen atoms in total. The summed E-state index contributed by atoms with van der Waals surface area (Å²) in [5, 5.41) is 7.03. The van der Waals surface area contributed by atoms with Crippen LogP contribution in [-0.4, -0.2) is 26.3 Å². The van der Waals surface area contributed by atoms with Gasteiger partial charge in [-0.15, -0.1) is 0 Å². The lowest BCUT2D eigenvalue weighted by Gasteiger charge is -2.24. The van der Waals surface area contributed by atoms with Crippen molar-refractivity contribution in [2.24, 2.45) is 0 Å². The van der Waals surface area contributed by atoms with Crippen LogP contribution in [0.15, 0.2) is 36.4 Å². The topological polar surface area (TPSA) is 27.3 Å². The van der Waals surface area contributed by atoms with E-state index in [4.69, 9.17) is 0 Å². The molecule has 2 aliphatic heterocycles. The molecular formula is C14H19N3. The van der Waals surface area contributed by atoms with Crippen LogP contribution < -0.4 is 15.5 Å². The highest BCUT2D eigenvalue weighted by Crippen LogP contribution is 2.39. The minimum Gasteiger partial charge on any atom is -0.365 e. The molecule has 3 rings (SSSR count). The number of allylic oxidation sites excluding steroid dienone is 1. The molecule has 1 saturated heterocycles. The third kappa shape index (κ3) is 1.66. The first-order chi connectivity index (χ1) is 8.36.